The molecule has 1 aliphatic carbocycles. The van der Waals surface area contributed by atoms with Gasteiger partial charge in [-0.15, -0.1) is 11.6 Å². The number of rotatable bonds is 5. The number of benzene rings is 1. The highest BCUT2D eigenvalue weighted by Crippen LogP contribution is 2.28. The van der Waals surface area contributed by atoms with Crippen molar-refractivity contribution in [1.29, 1.82) is 0 Å². The zero-order valence-corrected chi connectivity index (χ0v) is 11.3. The Morgan fingerprint density at radius 2 is 2.28 bits per heavy atom. The van der Waals surface area contributed by atoms with Gasteiger partial charge in [-0.25, -0.2) is 4.39 Å². The molecule has 2 atom stereocenters. The molecular weight excluding hydrogens is 253 g/mol. The van der Waals surface area contributed by atoms with Gasteiger partial charge in [0.2, 0.25) is 0 Å². The van der Waals surface area contributed by atoms with E-state index < -0.39 is 0 Å². The molecule has 4 heteroatoms. The third kappa shape index (κ3) is 3.36. The van der Waals surface area contributed by atoms with E-state index in [4.69, 9.17) is 16.3 Å². The van der Waals surface area contributed by atoms with Crippen LogP contribution >= 0.6 is 11.6 Å². The molecule has 0 heterocycles. The lowest BCUT2D eigenvalue weighted by atomic mass is 10.1. The topological polar surface area (TPSA) is 21.3 Å². The molecule has 1 saturated carbocycles. The van der Waals surface area contributed by atoms with Crippen LogP contribution in [-0.4, -0.2) is 19.0 Å². The van der Waals surface area contributed by atoms with Gasteiger partial charge in [-0.2, -0.15) is 0 Å². The lowest BCUT2D eigenvalue weighted by Gasteiger charge is -2.12. The molecule has 0 saturated heterocycles. The molecule has 1 fully saturated rings. The van der Waals surface area contributed by atoms with Crippen LogP contribution in [0.5, 0.6) is 5.75 Å². The molecule has 1 N–H and O–H groups in total. The standard InChI is InChI=1S/C14H19ClFNO/c1-18-13-4-2-3-11(14(13)16)9-17-8-10-5-6-12(15)7-10/h2-4,10,12,17H,5-9H2,1H3. The molecule has 2 nitrogen and oxygen atoms in total. The van der Waals surface area contributed by atoms with Gasteiger partial charge >= 0.3 is 0 Å². The van der Waals surface area contributed by atoms with Crippen LogP contribution in [0.2, 0.25) is 0 Å². The zero-order chi connectivity index (χ0) is 13.0. The van der Waals surface area contributed by atoms with Crippen LogP contribution < -0.4 is 10.1 Å². The van der Waals surface area contributed by atoms with Crippen molar-refractivity contribution in [3.63, 3.8) is 0 Å². The smallest absolute Gasteiger partial charge is 0.169 e. The number of ether oxygens (including phenoxy) is 1. The second kappa shape index (κ2) is 6.39. The fourth-order valence-electron chi connectivity index (χ4n) is 2.46. The molecule has 1 aromatic rings. The van der Waals surface area contributed by atoms with Crippen LogP contribution in [-0.2, 0) is 6.54 Å². The van der Waals surface area contributed by atoms with Crippen molar-refractivity contribution >= 4 is 11.6 Å². The highest BCUT2D eigenvalue weighted by atomic mass is 35.5. The summed E-state index contributed by atoms with van der Waals surface area (Å²) < 4.78 is 18.8. The second-order valence-corrected chi connectivity index (χ2v) is 5.46. The summed E-state index contributed by atoms with van der Waals surface area (Å²) in [6, 6.07) is 5.22. The van der Waals surface area contributed by atoms with Crippen molar-refractivity contribution in [2.45, 2.75) is 31.2 Å². The Morgan fingerprint density at radius 3 is 2.94 bits per heavy atom. The number of methoxy groups -OCH3 is 1. The maximum atomic E-state index is 13.8. The first-order valence-electron chi connectivity index (χ1n) is 6.37. The molecule has 1 aliphatic rings. The molecule has 0 spiro atoms. The van der Waals surface area contributed by atoms with Crippen molar-refractivity contribution in [2.24, 2.45) is 5.92 Å². The molecule has 0 bridgehead atoms. The van der Waals surface area contributed by atoms with E-state index in [9.17, 15) is 4.39 Å². The van der Waals surface area contributed by atoms with E-state index in [-0.39, 0.29) is 5.82 Å². The molecule has 1 aromatic carbocycles. The van der Waals surface area contributed by atoms with Gasteiger partial charge < -0.3 is 10.1 Å². The fraction of sp³-hybridized carbons (Fsp3) is 0.571. The van der Waals surface area contributed by atoms with E-state index in [1.165, 1.54) is 13.5 Å². The monoisotopic (exact) mass is 271 g/mol. The maximum absolute atomic E-state index is 13.8. The van der Waals surface area contributed by atoms with Gasteiger partial charge in [0, 0.05) is 17.5 Å². The Labute approximate surface area is 112 Å². The normalized spacial score (nSPS) is 23.3. The van der Waals surface area contributed by atoms with Crippen LogP contribution in [0.25, 0.3) is 0 Å². The quantitative estimate of drug-likeness (QED) is 0.830. The Hall–Kier alpha value is -0.800. The lowest BCUT2D eigenvalue weighted by molar-refractivity contribution is 0.382. The van der Waals surface area contributed by atoms with E-state index in [2.05, 4.69) is 5.32 Å². The third-order valence-electron chi connectivity index (χ3n) is 3.49. The van der Waals surface area contributed by atoms with Crippen LogP contribution in [0.3, 0.4) is 0 Å². The van der Waals surface area contributed by atoms with Gasteiger partial charge in [-0.1, -0.05) is 12.1 Å². The largest absolute Gasteiger partial charge is 0.494 e. The van der Waals surface area contributed by atoms with Crippen molar-refractivity contribution in [3.8, 4) is 5.75 Å². The van der Waals surface area contributed by atoms with Gasteiger partial charge in [-0.3, -0.25) is 0 Å². The Bertz CT molecular complexity index is 399. The van der Waals surface area contributed by atoms with Crippen LogP contribution in [0, 0.1) is 11.7 Å². The first-order chi connectivity index (χ1) is 8.70. The summed E-state index contributed by atoms with van der Waals surface area (Å²) in [4.78, 5) is 0. The summed E-state index contributed by atoms with van der Waals surface area (Å²) in [7, 11) is 1.48. The van der Waals surface area contributed by atoms with Crippen molar-refractivity contribution in [1.82, 2.24) is 5.32 Å². The molecule has 0 radical (unpaired) electrons. The number of alkyl halides is 1. The van der Waals surface area contributed by atoms with E-state index in [0.29, 0.717) is 29.2 Å². The van der Waals surface area contributed by atoms with Crippen molar-refractivity contribution < 1.29 is 9.13 Å². The van der Waals surface area contributed by atoms with E-state index in [1.54, 1.807) is 12.1 Å². The molecular formula is C14H19ClFNO. The summed E-state index contributed by atoms with van der Waals surface area (Å²) in [5.74, 6) is 0.659. The minimum atomic E-state index is -0.269. The summed E-state index contributed by atoms with van der Waals surface area (Å²) in [6.45, 7) is 1.44. The number of nitrogens with one attached hydrogen (secondary N) is 1. The van der Waals surface area contributed by atoms with Crippen LogP contribution in [0.4, 0.5) is 4.39 Å². The van der Waals surface area contributed by atoms with Crippen molar-refractivity contribution in [3.05, 3.63) is 29.6 Å². The molecule has 0 aromatic heterocycles. The van der Waals surface area contributed by atoms with Gasteiger partial charge in [0.05, 0.1) is 7.11 Å². The summed E-state index contributed by atoms with van der Waals surface area (Å²) in [5.41, 5.74) is 0.648. The zero-order valence-electron chi connectivity index (χ0n) is 10.6. The molecule has 18 heavy (non-hydrogen) atoms. The van der Waals surface area contributed by atoms with E-state index in [1.807, 2.05) is 6.07 Å². The number of hydrogen-bond donors (Lipinski definition) is 1. The molecule has 0 aliphatic heterocycles. The molecule has 2 unspecified atom stereocenters. The Morgan fingerprint density at radius 1 is 1.44 bits per heavy atom. The average Bonchev–Trinajstić information content (AvgIpc) is 2.77. The van der Waals surface area contributed by atoms with Gasteiger partial charge in [0.25, 0.3) is 0 Å². The number of halogens is 2. The first kappa shape index (κ1) is 13.6. The maximum Gasteiger partial charge on any atom is 0.169 e. The highest BCUT2D eigenvalue weighted by molar-refractivity contribution is 6.20. The lowest BCUT2D eigenvalue weighted by Crippen LogP contribution is -2.21. The minimum absolute atomic E-state index is 0.269. The van der Waals surface area contributed by atoms with E-state index >= 15 is 0 Å². The molecule has 2 rings (SSSR count). The fourth-order valence-corrected chi connectivity index (χ4v) is 2.84. The predicted octanol–water partition coefficient (Wildman–Crippen LogP) is 3.33. The van der Waals surface area contributed by atoms with Crippen molar-refractivity contribution in [2.75, 3.05) is 13.7 Å². The Balaban J connectivity index is 1.83. The SMILES string of the molecule is COc1cccc(CNCC2CCC(Cl)C2)c1F. The van der Waals surface area contributed by atoms with Crippen LogP contribution in [0.15, 0.2) is 18.2 Å². The summed E-state index contributed by atoms with van der Waals surface area (Å²) >= 11 is 6.06. The van der Waals surface area contributed by atoms with Gasteiger partial charge in [-0.05, 0) is 37.8 Å². The first-order valence-corrected chi connectivity index (χ1v) is 6.80. The van der Waals surface area contributed by atoms with Gasteiger partial charge in [0.1, 0.15) is 0 Å². The third-order valence-corrected chi connectivity index (χ3v) is 3.89. The van der Waals surface area contributed by atoms with Crippen LogP contribution in [0.1, 0.15) is 24.8 Å². The predicted molar refractivity (Wildman–Crippen MR) is 71.6 cm³/mol. The minimum Gasteiger partial charge on any atom is -0.494 e. The molecule has 100 valence electrons. The summed E-state index contributed by atoms with van der Waals surface area (Å²) in [5, 5.41) is 3.63. The Kier molecular flexibility index (Phi) is 4.84. The summed E-state index contributed by atoms with van der Waals surface area (Å²) in [6.07, 6.45) is 3.33. The second-order valence-electron chi connectivity index (χ2n) is 4.84. The van der Waals surface area contributed by atoms with E-state index in [0.717, 1.165) is 19.4 Å². The number of hydrogen-bond acceptors (Lipinski definition) is 2. The highest BCUT2D eigenvalue weighted by Gasteiger charge is 2.22. The average molecular weight is 272 g/mol. The van der Waals surface area contributed by atoms with Gasteiger partial charge in [0.15, 0.2) is 11.6 Å². The molecule has 0 amide bonds.